The summed E-state index contributed by atoms with van der Waals surface area (Å²) in [6.45, 7) is 0.495. The molecule has 0 bridgehead atoms. The minimum Gasteiger partial charge on any atom is -0.390 e. The Morgan fingerprint density at radius 1 is 1.45 bits per heavy atom. The maximum Gasteiger partial charge on any atom is 0.0891 e. The van der Waals surface area contributed by atoms with Crippen molar-refractivity contribution >= 4 is 0 Å². The molecule has 3 heteroatoms. The first-order valence-electron chi connectivity index (χ1n) is 4.15. The Labute approximate surface area is 66.3 Å². The molecule has 64 valence electrons. The molecular formula is C8H14O3. The Balaban J connectivity index is 2.04. The number of hydrogen-bond donors (Lipinski definition) is 1. The van der Waals surface area contributed by atoms with Crippen LogP contribution in [0.1, 0.15) is 12.8 Å². The number of fused-ring (bicyclic) bond motifs is 1. The molecule has 1 saturated heterocycles. The molecule has 1 heterocycles. The van der Waals surface area contributed by atoms with Crippen LogP contribution >= 0.6 is 0 Å². The molecule has 0 amide bonds. The molecule has 1 aliphatic carbocycles. The smallest absolute Gasteiger partial charge is 0.0891 e. The molecule has 0 aromatic heterocycles. The Morgan fingerprint density at radius 2 is 2.27 bits per heavy atom. The predicted octanol–water partition coefficient (Wildman–Crippen LogP) is 0.171. The van der Waals surface area contributed by atoms with Gasteiger partial charge in [-0.2, -0.15) is 0 Å². The van der Waals surface area contributed by atoms with E-state index in [4.69, 9.17) is 9.47 Å². The summed E-state index contributed by atoms with van der Waals surface area (Å²) in [5, 5.41) is 9.43. The second-order valence-corrected chi connectivity index (χ2v) is 3.38. The first-order chi connectivity index (χ1) is 5.33. The molecular weight excluding hydrogens is 144 g/mol. The Hall–Kier alpha value is -0.120. The van der Waals surface area contributed by atoms with Gasteiger partial charge < -0.3 is 14.6 Å². The number of methoxy groups -OCH3 is 1. The lowest BCUT2D eigenvalue weighted by atomic mass is 10.0. The van der Waals surface area contributed by atoms with Crippen LogP contribution in [0.2, 0.25) is 0 Å². The molecule has 2 rings (SSSR count). The Morgan fingerprint density at radius 3 is 3.00 bits per heavy atom. The summed E-state index contributed by atoms with van der Waals surface area (Å²) in [4.78, 5) is 0. The van der Waals surface area contributed by atoms with Gasteiger partial charge in [-0.1, -0.05) is 0 Å². The van der Waals surface area contributed by atoms with Crippen molar-refractivity contribution in [1.29, 1.82) is 0 Å². The van der Waals surface area contributed by atoms with Crippen molar-refractivity contribution in [2.24, 2.45) is 5.92 Å². The van der Waals surface area contributed by atoms with Crippen LogP contribution in [-0.4, -0.2) is 37.1 Å². The van der Waals surface area contributed by atoms with Crippen LogP contribution in [-0.2, 0) is 9.47 Å². The number of aliphatic hydroxyl groups is 1. The zero-order chi connectivity index (χ0) is 7.84. The van der Waals surface area contributed by atoms with Crippen LogP contribution in [0.25, 0.3) is 0 Å². The number of hydrogen-bond acceptors (Lipinski definition) is 3. The van der Waals surface area contributed by atoms with Gasteiger partial charge in [0.05, 0.1) is 24.9 Å². The van der Waals surface area contributed by atoms with E-state index in [9.17, 15) is 5.11 Å². The summed E-state index contributed by atoms with van der Waals surface area (Å²) < 4.78 is 10.7. The normalized spacial score (nSPS) is 49.6. The molecule has 11 heavy (non-hydrogen) atoms. The Kier molecular flexibility index (Phi) is 1.87. The molecule has 0 aromatic carbocycles. The molecule has 3 nitrogen and oxygen atoms in total. The van der Waals surface area contributed by atoms with E-state index in [0.717, 1.165) is 12.8 Å². The highest BCUT2D eigenvalue weighted by Crippen LogP contribution is 2.37. The van der Waals surface area contributed by atoms with Crippen molar-refractivity contribution in [1.82, 2.24) is 0 Å². The van der Waals surface area contributed by atoms with Crippen LogP contribution in [0.3, 0.4) is 0 Å². The van der Waals surface area contributed by atoms with Crippen molar-refractivity contribution in [3.8, 4) is 0 Å². The van der Waals surface area contributed by atoms with Gasteiger partial charge >= 0.3 is 0 Å². The largest absolute Gasteiger partial charge is 0.390 e. The molecule has 0 radical (unpaired) electrons. The number of ether oxygens (including phenoxy) is 2. The first kappa shape index (κ1) is 7.53. The second-order valence-electron chi connectivity index (χ2n) is 3.38. The quantitative estimate of drug-likeness (QED) is 0.591. The predicted molar refractivity (Wildman–Crippen MR) is 39.3 cm³/mol. The lowest BCUT2D eigenvalue weighted by molar-refractivity contribution is -0.0191. The van der Waals surface area contributed by atoms with Gasteiger partial charge in [-0.15, -0.1) is 0 Å². The minimum atomic E-state index is -0.250. The van der Waals surface area contributed by atoms with Gasteiger partial charge in [0.2, 0.25) is 0 Å². The summed E-state index contributed by atoms with van der Waals surface area (Å²) >= 11 is 0. The molecule has 4 atom stereocenters. The summed E-state index contributed by atoms with van der Waals surface area (Å²) in [7, 11) is 1.71. The third kappa shape index (κ3) is 1.08. The maximum atomic E-state index is 9.43. The molecule has 0 unspecified atom stereocenters. The van der Waals surface area contributed by atoms with E-state index in [0.29, 0.717) is 12.5 Å². The van der Waals surface area contributed by atoms with E-state index in [1.165, 1.54) is 0 Å². The molecule has 1 aliphatic heterocycles. The fourth-order valence-corrected chi connectivity index (χ4v) is 2.19. The number of aliphatic hydroxyl groups excluding tert-OH is 1. The molecule has 1 N–H and O–H groups in total. The van der Waals surface area contributed by atoms with Crippen molar-refractivity contribution < 1.29 is 14.6 Å². The van der Waals surface area contributed by atoms with Gasteiger partial charge in [-0.3, -0.25) is 0 Å². The van der Waals surface area contributed by atoms with Crippen molar-refractivity contribution in [3.05, 3.63) is 0 Å². The van der Waals surface area contributed by atoms with Gasteiger partial charge in [0, 0.05) is 13.0 Å². The molecule has 0 aromatic rings. The highest BCUT2D eigenvalue weighted by Gasteiger charge is 2.45. The SMILES string of the molecule is CO[C@@H]1CC[C@H]2[C@H]1OC[C@@H]2O. The van der Waals surface area contributed by atoms with E-state index in [1.54, 1.807) is 7.11 Å². The second kappa shape index (κ2) is 2.73. The van der Waals surface area contributed by atoms with Crippen molar-refractivity contribution in [2.75, 3.05) is 13.7 Å². The van der Waals surface area contributed by atoms with Gasteiger partial charge in [0.25, 0.3) is 0 Å². The highest BCUT2D eigenvalue weighted by atomic mass is 16.5. The molecule has 0 spiro atoms. The minimum absolute atomic E-state index is 0.162. The third-order valence-electron chi connectivity index (χ3n) is 2.83. The monoisotopic (exact) mass is 158 g/mol. The maximum absolute atomic E-state index is 9.43. The highest BCUT2D eigenvalue weighted by molar-refractivity contribution is 4.94. The van der Waals surface area contributed by atoms with Gasteiger partial charge in [0.1, 0.15) is 0 Å². The first-order valence-corrected chi connectivity index (χ1v) is 4.15. The average Bonchev–Trinajstić information content (AvgIpc) is 2.53. The number of rotatable bonds is 1. The standard InChI is InChI=1S/C8H14O3/c1-10-7-3-2-5-6(9)4-11-8(5)7/h5-9H,2-4H2,1H3/t5-,6+,7-,8-/m1/s1. The summed E-state index contributed by atoms with van der Waals surface area (Å²) in [5.41, 5.74) is 0. The fourth-order valence-electron chi connectivity index (χ4n) is 2.19. The lowest BCUT2D eigenvalue weighted by Gasteiger charge is -2.15. The van der Waals surface area contributed by atoms with E-state index >= 15 is 0 Å². The summed E-state index contributed by atoms with van der Waals surface area (Å²) in [6.07, 6.45) is 2.21. The zero-order valence-corrected chi connectivity index (χ0v) is 6.69. The van der Waals surface area contributed by atoms with Crippen LogP contribution in [0, 0.1) is 5.92 Å². The van der Waals surface area contributed by atoms with Crippen LogP contribution < -0.4 is 0 Å². The molecule has 2 aliphatic rings. The van der Waals surface area contributed by atoms with E-state index in [1.807, 2.05) is 0 Å². The van der Waals surface area contributed by atoms with Gasteiger partial charge in [0.15, 0.2) is 0 Å². The van der Waals surface area contributed by atoms with Crippen molar-refractivity contribution in [3.63, 3.8) is 0 Å². The van der Waals surface area contributed by atoms with Crippen LogP contribution in [0.4, 0.5) is 0 Å². The topological polar surface area (TPSA) is 38.7 Å². The van der Waals surface area contributed by atoms with Crippen LogP contribution in [0.5, 0.6) is 0 Å². The van der Waals surface area contributed by atoms with Gasteiger partial charge in [-0.05, 0) is 12.8 Å². The van der Waals surface area contributed by atoms with E-state index < -0.39 is 0 Å². The fraction of sp³-hybridized carbons (Fsp3) is 1.00. The summed E-state index contributed by atoms with van der Waals surface area (Å²) in [5.74, 6) is 0.333. The molecule has 2 fully saturated rings. The zero-order valence-electron chi connectivity index (χ0n) is 6.69. The average molecular weight is 158 g/mol. The Bertz CT molecular complexity index is 148. The summed E-state index contributed by atoms with van der Waals surface area (Å²) in [6, 6.07) is 0. The van der Waals surface area contributed by atoms with Crippen LogP contribution in [0.15, 0.2) is 0 Å². The van der Waals surface area contributed by atoms with Gasteiger partial charge in [-0.25, -0.2) is 0 Å². The molecule has 1 saturated carbocycles. The van der Waals surface area contributed by atoms with Crippen molar-refractivity contribution in [2.45, 2.75) is 31.2 Å². The third-order valence-corrected chi connectivity index (χ3v) is 2.83. The van der Waals surface area contributed by atoms with E-state index in [-0.39, 0.29) is 18.3 Å². The van der Waals surface area contributed by atoms with E-state index in [2.05, 4.69) is 0 Å². The lowest BCUT2D eigenvalue weighted by Crippen LogP contribution is -2.26.